The Morgan fingerprint density at radius 1 is 0.861 bits per heavy atom. The topological polar surface area (TPSA) is 66.5 Å². The monoisotopic (exact) mass is 538 g/mol. The fourth-order valence-electron chi connectivity index (χ4n) is 6.15. The van der Waals surface area contributed by atoms with Crippen molar-refractivity contribution < 1.29 is 14.4 Å². The Hall–Kier alpha value is -2.86. The summed E-state index contributed by atoms with van der Waals surface area (Å²) >= 11 is 20.9. The van der Waals surface area contributed by atoms with Crippen LogP contribution in [0.5, 0.6) is 0 Å². The van der Waals surface area contributed by atoms with E-state index in [1.807, 2.05) is 55.5 Å². The lowest BCUT2D eigenvalue weighted by molar-refractivity contribution is -0.146. The molecule has 8 heteroatoms. The standard InChI is InChI=1S/C28H21Cl3N2O3/c1-14-11-12-16(29)13-21(14)32-24(34)15(2)33-25(35)22-23(26(33)36)28(31)18-8-4-3-7-17(18)27(22,30)19-9-5-6-10-20(19)28/h3-13,15,22-23H,1-2H3,(H,32,34)/t15-,22-,23+,27?,28?/m0/s1. The molecule has 4 aliphatic rings. The number of rotatable bonds is 3. The van der Waals surface area contributed by atoms with Crippen LogP contribution in [0.4, 0.5) is 5.69 Å². The van der Waals surface area contributed by atoms with Gasteiger partial charge in [-0.2, -0.15) is 0 Å². The van der Waals surface area contributed by atoms with E-state index in [9.17, 15) is 14.4 Å². The van der Waals surface area contributed by atoms with Crippen molar-refractivity contribution >= 4 is 58.2 Å². The van der Waals surface area contributed by atoms with Crippen molar-refractivity contribution in [3.8, 4) is 0 Å². The van der Waals surface area contributed by atoms with E-state index in [1.165, 1.54) is 6.92 Å². The summed E-state index contributed by atoms with van der Waals surface area (Å²) in [6, 6.07) is 18.9. The molecule has 1 saturated heterocycles. The summed E-state index contributed by atoms with van der Waals surface area (Å²) < 4.78 is 0. The Morgan fingerprint density at radius 3 is 1.75 bits per heavy atom. The van der Waals surface area contributed by atoms with E-state index >= 15 is 0 Å². The molecular formula is C28H21Cl3N2O3. The highest BCUT2D eigenvalue weighted by Crippen LogP contribution is 2.69. The van der Waals surface area contributed by atoms with Crippen LogP contribution in [0, 0.1) is 18.8 Å². The molecule has 182 valence electrons. The highest BCUT2D eigenvalue weighted by Gasteiger charge is 2.73. The molecule has 0 spiro atoms. The molecule has 0 saturated carbocycles. The minimum absolute atomic E-state index is 0.461. The van der Waals surface area contributed by atoms with Crippen molar-refractivity contribution in [1.29, 1.82) is 0 Å². The lowest BCUT2D eigenvalue weighted by Gasteiger charge is -2.54. The zero-order valence-corrected chi connectivity index (χ0v) is 21.7. The Bertz CT molecular complexity index is 1360. The van der Waals surface area contributed by atoms with E-state index in [4.69, 9.17) is 34.8 Å². The average molecular weight is 540 g/mol. The van der Waals surface area contributed by atoms with Crippen LogP contribution in [-0.2, 0) is 24.1 Å². The third-order valence-electron chi connectivity index (χ3n) is 7.84. The Kier molecular flexibility index (Phi) is 5.11. The first-order valence-corrected chi connectivity index (χ1v) is 12.8. The number of likely N-dealkylation sites (tertiary alicyclic amines) is 1. The molecule has 7 rings (SSSR count). The zero-order chi connectivity index (χ0) is 25.6. The second-order valence-electron chi connectivity index (χ2n) is 9.64. The number of alkyl halides is 2. The van der Waals surface area contributed by atoms with Gasteiger partial charge in [-0.1, -0.05) is 66.2 Å². The molecule has 3 atom stereocenters. The molecule has 3 aliphatic carbocycles. The largest absolute Gasteiger partial charge is 0.324 e. The third kappa shape index (κ3) is 2.82. The maximum absolute atomic E-state index is 14.0. The number of nitrogens with one attached hydrogen (secondary N) is 1. The molecule has 2 bridgehead atoms. The van der Waals surface area contributed by atoms with Crippen LogP contribution in [0.3, 0.4) is 0 Å². The molecule has 1 fully saturated rings. The number of carbonyl (C=O) groups is 3. The molecule has 0 unspecified atom stereocenters. The fourth-order valence-corrected chi connectivity index (χ4v) is 7.42. The van der Waals surface area contributed by atoms with Crippen LogP contribution >= 0.6 is 34.8 Å². The molecule has 1 aliphatic heterocycles. The van der Waals surface area contributed by atoms with E-state index in [0.717, 1.165) is 32.7 Å². The third-order valence-corrected chi connectivity index (χ3v) is 9.36. The smallest absolute Gasteiger partial charge is 0.247 e. The van der Waals surface area contributed by atoms with E-state index in [0.29, 0.717) is 10.7 Å². The van der Waals surface area contributed by atoms with Gasteiger partial charge in [0.15, 0.2) is 0 Å². The first-order chi connectivity index (χ1) is 17.1. The minimum atomic E-state index is -1.28. The molecule has 3 aromatic rings. The number of halogens is 3. The summed E-state index contributed by atoms with van der Waals surface area (Å²) in [4.78, 5) is 39.7. The predicted molar refractivity (Wildman–Crippen MR) is 139 cm³/mol. The van der Waals surface area contributed by atoms with Crippen LogP contribution in [0.15, 0.2) is 66.7 Å². The molecule has 1 heterocycles. The van der Waals surface area contributed by atoms with Crippen LogP contribution in [0.25, 0.3) is 0 Å². The summed E-state index contributed by atoms with van der Waals surface area (Å²) in [6.45, 7) is 3.37. The van der Waals surface area contributed by atoms with Gasteiger partial charge in [0.1, 0.15) is 15.8 Å². The number of anilines is 1. The summed E-state index contributed by atoms with van der Waals surface area (Å²) in [7, 11) is 0. The van der Waals surface area contributed by atoms with Gasteiger partial charge in [0.2, 0.25) is 17.7 Å². The van der Waals surface area contributed by atoms with Gasteiger partial charge in [-0.3, -0.25) is 19.3 Å². The lowest BCUT2D eigenvalue weighted by atomic mass is 9.54. The second kappa shape index (κ2) is 7.82. The van der Waals surface area contributed by atoms with Gasteiger partial charge in [-0.25, -0.2) is 0 Å². The first kappa shape index (κ1) is 23.5. The number of benzene rings is 3. The molecule has 36 heavy (non-hydrogen) atoms. The quantitative estimate of drug-likeness (QED) is 0.350. The molecule has 1 N–H and O–H groups in total. The van der Waals surface area contributed by atoms with Gasteiger partial charge < -0.3 is 5.32 Å². The zero-order valence-electron chi connectivity index (χ0n) is 19.4. The van der Waals surface area contributed by atoms with Crippen molar-refractivity contribution in [3.63, 3.8) is 0 Å². The van der Waals surface area contributed by atoms with Crippen LogP contribution in [0.1, 0.15) is 34.7 Å². The van der Waals surface area contributed by atoms with E-state index in [2.05, 4.69) is 5.32 Å². The van der Waals surface area contributed by atoms with E-state index in [1.54, 1.807) is 18.2 Å². The summed E-state index contributed by atoms with van der Waals surface area (Å²) in [6.07, 6.45) is 0. The molecule has 0 radical (unpaired) electrons. The Labute approximate surface area is 223 Å². The molecule has 3 amide bonds. The van der Waals surface area contributed by atoms with Crippen molar-refractivity contribution in [2.24, 2.45) is 11.8 Å². The number of carbonyl (C=O) groups excluding carboxylic acids is 3. The van der Waals surface area contributed by atoms with E-state index < -0.39 is 45.3 Å². The van der Waals surface area contributed by atoms with Crippen molar-refractivity contribution in [3.05, 3.63) is 99.6 Å². The fraction of sp³-hybridized carbons (Fsp3) is 0.250. The number of amides is 3. The Morgan fingerprint density at radius 2 is 1.31 bits per heavy atom. The number of aryl methyl sites for hydroxylation is 1. The van der Waals surface area contributed by atoms with Gasteiger partial charge in [0.05, 0.1) is 11.8 Å². The first-order valence-electron chi connectivity index (χ1n) is 11.6. The van der Waals surface area contributed by atoms with Gasteiger partial charge in [0.25, 0.3) is 0 Å². The highest BCUT2D eigenvalue weighted by molar-refractivity contribution is 6.36. The van der Waals surface area contributed by atoms with Crippen LogP contribution in [0.2, 0.25) is 5.02 Å². The van der Waals surface area contributed by atoms with Gasteiger partial charge in [0, 0.05) is 10.7 Å². The summed E-state index contributed by atoms with van der Waals surface area (Å²) in [5, 5.41) is 3.27. The van der Waals surface area contributed by atoms with Crippen LogP contribution in [-0.4, -0.2) is 28.7 Å². The minimum Gasteiger partial charge on any atom is -0.324 e. The number of hydrogen-bond donors (Lipinski definition) is 1. The maximum Gasteiger partial charge on any atom is 0.247 e. The van der Waals surface area contributed by atoms with Crippen LogP contribution < -0.4 is 5.32 Å². The van der Waals surface area contributed by atoms with E-state index in [-0.39, 0.29) is 0 Å². The lowest BCUT2D eigenvalue weighted by Crippen LogP contribution is -2.57. The number of nitrogens with zero attached hydrogens (tertiary/aromatic N) is 1. The molecule has 5 nitrogen and oxygen atoms in total. The molecule has 0 aromatic heterocycles. The molecular weight excluding hydrogens is 519 g/mol. The SMILES string of the molecule is Cc1ccc(Cl)cc1NC(=O)[C@H](C)N1C(=O)[C@@H]2[C@H](C1=O)C1(Cl)c3ccccc3C2(Cl)c2ccccc21. The number of imide groups is 1. The van der Waals surface area contributed by atoms with Crippen molar-refractivity contribution in [1.82, 2.24) is 4.90 Å². The van der Waals surface area contributed by atoms with Crippen molar-refractivity contribution in [2.75, 3.05) is 5.32 Å². The molecule has 3 aromatic carbocycles. The summed E-state index contributed by atoms with van der Waals surface area (Å²) in [5.41, 5.74) is 4.19. The maximum atomic E-state index is 14.0. The highest BCUT2D eigenvalue weighted by atomic mass is 35.5. The second-order valence-corrected chi connectivity index (χ2v) is 11.3. The number of hydrogen-bond acceptors (Lipinski definition) is 3. The van der Waals surface area contributed by atoms with Gasteiger partial charge in [-0.05, 0) is 53.8 Å². The normalized spacial score (nSPS) is 28.4. The Balaban J connectivity index is 1.45. The summed E-state index contributed by atoms with van der Waals surface area (Å²) in [5.74, 6) is -3.40. The van der Waals surface area contributed by atoms with Gasteiger partial charge >= 0.3 is 0 Å². The average Bonchev–Trinajstić information content (AvgIpc) is 3.15. The van der Waals surface area contributed by atoms with Crippen molar-refractivity contribution in [2.45, 2.75) is 29.6 Å². The van der Waals surface area contributed by atoms with Gasteiger partial charge in [-0.15, -0.1) is 23.2 Å². The predicted octanol–water partition coefficient (Wildman–Crippen LogP) is 5.57.